The fraction of sp³-hybridized carbons (Fsp3) is 0.562. The number of nitrogens with two attached hydrogens (primary N) is 1. The zero-order chi connectivity index (χ0) is 15.5. The van der Waals surface area contributed by atoms with E-state index in [1.54, 1.807) is 0 Å². The van der Waals surface area contributed by atoms with Crippen LogP contribution in [0.1, 0.15) is 44.6 Å². The lowest BCUT2D eigenvalue weighted by molar-refractivity contribution is -0.116. The van der Waals surface area contributed by atoms with Gasteiger partial charge in [0.05, 0.1) is 0 Å². The van der Waals surface area contributed by atoms with Crippen LogP contribution >= 0.6 is 0 Å². The summed E-state index contributed by atoms with van der Waals surface area (Å²) in [6, 6.07) is 7.52. The Morgan fingerprint density at radius 2 is 2.00 bits per heavy atom. The predicted molar refractivity (Wildman–Crippen MR) is 89.6 cm³/mol. The second-order valence-electron chi connectivity index (χ2n) is 5.11. The van der Waals surface area contributed by atoms with Gasteiger partial charge in [-0.05, 0) is 30.5 Å². The van der Waals surface area contributed by atoms with Gasteiger partial charge in [-0.15, -0.1) is 0 Å². The summed E-state index contributed by atoms with van der Waals surface area (Å²) in [7, 11) is -0.786. The Morgan fingerprint density at radius 3 is 2.71 bits per heavy atom. The standard InChI is InChI=1S/C16H26N2O2S/c1-2-3-4-10-21(20)11-6-9-16(19)18-15-8-5-7-14(12-15)13-17/h5,7-8,12H,2-4,6,9-11,13,17H2,1H3,(H,18,19). The first kappa shape index (κ1) is 17.9. The first-order valence-electron chi connectivity index (χ1n) is 7.59. The average Bonchev–Trinajstić information content (AvgIpc) is 2.47. The van der Waals surface area contributed by atoms with Gasteiger partial charge in [-0.3, -0.25) is 9.00 Å². The molecule has 5 heteroatoms. The molecule has 0 aromatic heterocycles. The number of benzene rings is 1. The molecule has 21 heavy (non-hydrogen) atoms. The highest BCUT2D eigenvalue weighted by Gasteiger charge is 2.05. The summed E-state index contributed by atoms with van der Waals surface area (Å²) in [5.41, 5.74) is 7.33. The lowest BCUT2D eigenvalue weighted by Crippen LogP contribution is -2.13. The Labute approximate surface area is 130 Å². The molecule has 0 radical (unpaired) electrons. The van der Waals surface area contributed by atoms with Gasteiger partial charge in [-0.1, -0.05) is 31.9 Å². The first-order chi connectivity index (χ1) is 10.2. The van der Waals surface area contributed by atoms with Gasteiger partial charge in [0.1, 0.15) is 0 Å². The minimum Gasteiger partial charge on any atom is -0.326 e. The quantitative estimate of drug-likeness (QED) is 0.653. The molecule has 1 unspecified atom stereocenters. The Bertz CT molecular complexity index is 463. The molecule has 1 atom stereocenters. The molecule has 1 amide bonds. The van der Waals surface area contributed by atoms with E-state index in [2.05, 4.69) is 12.2 Å². The maximum absolute atomic E-state index is 11.8. The summed E-state index contributed by atoms with van der Waals surface area (Å²) in [6.45, 7) is 2.59. The van der Waals surface area contributed by atoms with Crippen molar-refractivity contribution in [2.45, 2.75) is 45.6 Å². The maximum atomic E-state index is 11.8. The Balaban J connectivity index is 2.23. The molecule has 3 N–H and O–H groups in total. The fourth-order valence-corrected chi connectivity index (χ4v) is 3.20. The third-order valence-electron chi connectivity index (χ3n) is 3.20. The van der Waals surface area contributed by atoms with Crippen molar-refractivity contribution in [3.8, 4) is 0 Å². The van der Waals surface area contributed by atoms with E-state index in [0.29, 0.717) is 25.1 Å². The van der Waals surface area contributed by atoms with Crippen LogP contribution in [0.25, 0.3) is 0 Å². The van der Waals surface area contributed by atoms with E-state index in [-0.39, 0.29) is 5.91 Å². The number of carbonyl (C=O) groups is 1. The van der Waals surface area contributed by atoms with Crippen LogP contribution < -0.4 is 11.1 Å². The number of hydrogen-bond donors (Lipinski definition) is 2. The molecule has 118 valence electrons. The van der Waals surface area contributed by atoms with Crippen molar-refractivity contribution in [2.24, 2.45) is 5.73 Å². The van der Waals surface area contributed by atoms with Crippen LogP contribution in [0.5, 0.6) is 0 Å². The van der Waals surface area contributed by atoms with Gasteiger partial charge < -0.3 is 11.1 Å². The van der Waals surface area contributed by atoms with Crippen molar-refractivity contribution in [1.82, 2.24) is 0 Å². The topological polar surface area (TPSA) is 72.2 Å². The molecule has 0 spiro atoms. The summed E-state index contributed by atoms with van der Waals surface area (Å²) < 4.78 is 11.7. The predicted octanol–water partition coefficient (Wildman–Crippen LogP) is 2.80. The zero-order valence-electron chi connectivity index (χ0n) is 12.8. The van der Waals surface area contributed by atoms with E-state index in [1.165, 1.54) is 0 Å². The van der Waals surface area contributed by atoms with Crippen LogP contribution in [0.2, 0.25) is 0 Å². The zero-order valence-corrected chi connectivity index (χ0v) is 13.6. The first-order valence-corrected chi connectivity index (χ1v) is 9.08. The van der Waals surface area contributed by atoms with Crippen LogP contribution in [0.15, 0.2) is 24.3 Å². The molecule has 1 rings (SSSR count). The number of rotatable bonds is 10. The molecule has 0 saturated heterocycles. The highest BCUT2D eigenvalue weighted by atomic mass is 32.2. The van der Waals surface area contributed by atoms with Crippen LogP contribution in [0.3, 0.4) is 0 Å². The van der Waals surface area contributed by atoms with Gasteiger partial charge in [0, 0.05) is 41.0 Å². The highest BCUT2D eigenvalue weighted by Crippen LogP contribution is 2.11. The van der Waals surface area contributed by atoms with Crippen molar-refractivity contribution < 1.29 is 9.00 Å². The minimum atomic E-state index is -0.786. The van der Waals surface area contributed by atoms with Crippen molar-refractivity contribution in [1.29, 1.82) is 0 Å². The smallest absolute Gasteiger partial charge is 0.224 e. The summed E-state index contributed by atoms with van der Waals surface area (Å²) in [4.78, 5) is 11.8. The van der Waals surface area contributed by atoms with E-state index in [9.17, 15) is 9.00 Å². The van der Waals surface area contributed by atoms with E-state index in [4.69, 9.17) is 5.73 Å². The number of hydrogen-bond acceptors (Lipinski definition) is 3. The summed E-state index contributed by atoms with van der Waals surface area (Å²) in [5, 5.41) is 2.85. The van der Waals surface area contributed by atoms with Crippen molar-refractivity contribution in [3.63, 3.8) is 0 Å². The van der Waals surface area contributed by atoms with Crippen molar-refractivity contribution >= 4 is 22.4 Å². The van der Waals surface area contributed by atoms with Crippen molar-refractivity contribution in [3.05, 3.63) is 29.8 Å². The molecule has 0 heterocycles. The third kappa shape index (κ3) is 7.97. The number of nitrogens with one attached hydrogen (secondary N) is 1. The second-order valence-corrected chi connectivity index (χ2v) is 6.81. The van der Waals surface area contributed by atoms with Gasteiger partial charge in [0.2, 0.25) is 5.91 Å². The molecule has 1 aromatic rings. The van der Waals surface area contributed by atoms with E-state index < -0.39 is 10.8 Å². The lowest BCUT2D eigenvalue weighted by Gasteiger charge is -2.07. The van der Waals surface area contributed by atoms with Crippen LogP contribution in [0.4, 0.5) is 5.69 Å². The van der Waals surface area contributed by atoms with E-state index in [0.717, 1.165) is 36.3 Å². The number of amides is 1. The summed E-state index contributed by atoms with van der Waals surface area (Å²) in [6.07, 6.45) is 4.36. The van der Waals surface area contributed by atoms with Crippen LogP contribution in [0, 0.1) is 0 Å². The van der Waals surface area contributed by atoms with Crippen LogP contribution in [-0.2, 0) is 22.1 Å². The summed E-state index contributed by atoms with van der Waals surface area (Å²) in [5.74, 6) is 1.34. The molecule has 0 aliphatic heterocycles. The molecular formula is C16H26N2O2S. The Kier molecular flexibility index (Phi) is 8.94. The van der Waals surface area contributed by atoms with Gasteiger partial charge in [-0.2, -0.15) is 0 Å². The average molecular weight is 310 g/mol. The van der Waals surface area contributed by atoms with Crippen LogP contribution in [-0.4, -0.2) is 21.6 Å². The highest BCUT2D eigenvalue weighted by molar-refractivity contribution is 7.84. The largest absolute Gasteiger partial charge is 0.326 e. The molecule has 0 fully saturated rings. The van der Waals surface area contributed by atoms with E-state index >= 15 is 0 Å². The minimum absolute atomic E-state index is 0.0327. The lowest BCUT2D eigenvalue weighted by atomic mass is 10.2. The molecule has 4 nitrogen and oxygen atoms in total. The SMILES string of the molecule is CCCCCS(=O)CCCC(=O)Nc1cccc(CN)c1. The van der Waals surface area contributed by atoms with E-state index in [1.807, 2.05) is 24.3 Å². The molecule has 1 aromatic carbocycles. The van der Waals surface area contributed by atoms with Gasteiger partial charge in [0.15, 0.2) is 0 Å². The molecule has 0 aliphatic rings. The van der Waals surface area contributed by atoms with Gasteiger partial charge in [-0.25, -0.2) is 0 Å². The van der Waals surface area contributed by atoms with Gasteiger partial charge in [0.25, 0.3) is 0 Å². The molecular weight excluding hydrogens is 284 g/mol. The third-order valence-corrected chi connectivity index (χ3v) is 4.69. The fourth-order valence-electron chi connectivity index (χ4n) is 2.01. The molecule has 0 saturated carbocycles. The van der Waals surface area contributed by atoms with Gasteiger partial charge >= 0.3 is 0 Å². The second kappa shape index (κ2) is 10.5. The normalized spacial score (nSPS) is 12.1. The number of anilines is 1. The maximum Gasteiger partial charge on any atom is 0.224 e. The number of carbonyl (C=O) groups excluding carboxylic acids is 1. The van der Waals surface area contributed by atoms with Crippen molar-refractivity contribution in [2.75, 3.05) is 16.8 Å². The molecule has 0 aliphatic carbocycles. The number of unbranched alkanes of at least 4 members (excludes halogenated alkanes) is 2. The summed E-state index contributed by atoms with van der Waals surface area (Å²) >= 11 is 0. The monoisotopic (exact) mass is 310 g/mol. The Morgan fingerprint density at radius 1 is 1.24 bits per heavy atom. The Hall–Kier alpha value is -1.20. The molecule has 0 bridgehead atoms.